The number of aliphatic hydroxyl groups excluding tert-OH is 1. The number of para-hydroxylation sites is 1. The first-order valence-electron chi connectivity index (χ1n) is 9.40. The molecule has 5 nitrogen and oxygen atoms in total. The average molecular weight is 348 g/mol. The number of rotatable bonds is 7. The maximum Gasteiger partial charge on any atom is 0.315 e. The summed E-state index contributed by atoms with van der Waals surface area (Å²) in [5.74, 6) is 0. The van der Waals surface area contributed by atoms with E-state index in [1.165, 1.54) is 24.9 Å². The molecule has 1 aromatic carbocycles. The summed E-state index contributed by atoms with van der Waals surface area (Å²) < 4.78 is 0. The van der Waals surface area contributed by atoms with Crippen molar-refractivity contribution in [3.05, 3.63) is 29.8 Å². The number of urea groups is 1. The molecule has 25 heavy (non-hydrogen) atoms. The first kappa shape index (κ1) is 19.6. The van der Waals surface area contributed by atoms with Crippen LogP contribution < -0.4 is 15.5 Å². The monoisotopic (exact) mass is 347 g/mol. The smallest absolute Gasteiger partial charge is 0.315 e. The first-order chi connectivity index (χ1) is 11.9. The molecule has 1 atom stereocenters. The highest BCUT2D eigenvalue weighted by atomic mass is 16.3. The van der Waals surface area contributed by atoms with Crippen LogP contribution in [-0.4, -0.2) is 36.9 Å². The molecule has 140 valence electrons. The Hall–Kier alpha value is -1.75. The molecule has 1 saturated heterocycles. The maximum absolute atomic E-state index is 12.1. The minimum atomic E-state index is -0.365. The van der Waals surface area contributed by atoms with Crippen molar-refractivity contribution >= 4 is 11.7 Å². The van der Waals surface area contributed by atoms with Gasteiger partial charge in [0, 0.05) is 31.9 Å². The SMILES string of the molecule is CC(O)CC(C)(C)CNC(=O)NCc1ccccc1N1CCCCC1. The van der Waals surface area contributed by atoms with E-state index in [4.69, 9.17) is 0 Å². The molecule has 0 spiro atoms. The number of hydrogen-bond acceptors (Lipinski definition) is 3. The Morgan fingerprint density at radius 3 is 2.56 bits per heavy atom. The van der Waals surface area contributed by atoms with Gasteiger partial charge in [-0.1, -0.05) is 32.0 Å². The van der Waals surface area contributed by atoms with Crippen LogP contribution in [0.25, 0.3) is 0 Å². The molecule has 1 aliphatic rings. The van der Waals surface area contributed by atoms with Gasteiger partial charge in [-0.15, -0.1) is 0 Å². The number of hydrogen-bond donors (Lipinski definition) is 3. The van der Waals surface area contributed by atoms with Gasteiger partial charge in [-0.25, -0.2) is 4.79 Å². The zero-order valence-corrected chi connectivity index (χ0v) is 15.8. The van der Waals surface area contributed by atoms with Gasteiger partial charge in [-0.05, 0) is 49.7 Å². The number of nitrogens with one attached hydrogen (secondary N) is 2. The van der Waals surface area contributed by atoms with Gasteiger partial charge in [0.1, 0.15) is 0 Å². The van der Waals surface area contributed by atoms with Crippen LogP contribution in [0.1, 0.15) is 52.0 Å². The molecule has 0 saturated carbocycles. The van der Waals surface area contributed by atoms with E-state index < -0.39 is 0 Å². The lowest BCUT2D eigenvalue weighted by Gasteiger charge is -2.30. The highest BCUT2D eigenvalue weighted by Gasteiger charge is 2.21. The Balaban J connectivity index is 1.85. The lowest BCUT2D eigenvalue weighted by molar-refractivity contribution is 0.129. The zero-order chi connectivity index (χ0) is 18.3. The maximum atomic E-state index is 12.1. The fraction of sp³-hybridized carbons (Fsp3) is 0.650. The van der Waals surface area contributed by atoms with Crippen molar-refractivity contribution < 1.29 is 9.90 Å². The summed E-state index contributed by atoms with van der Waals surface area (Å²) in [5.41, 5.74) is 2.26. The van der Waals surface area contributed by atoms with Crippen LogP contribution in [0.3, 0.4) is 0 Å². The lowest BCUT2D eigenvalue weighted by atomic mass is 9.87. The number of carbonyl (C=O) groups is 1. The number of nitrogens with zero attached hydrogens (tertiary/aromatic N) is 1. The Kier molecular flexibility index (Phi) is 7.12. The number of carbonyl (C=O) groups excluding carboxylic acids is 1. The topological polar surface area (TPSA) is 64.6 Å². The molecule has 0 aliphatic carbocycles. The highest BCUT2D eigenvalue weighted by Crippen LogP contribution is 2.24. The number of anilines is 1. The van der Waals surface area contributed by atoms with Gasteiger partial charge in [0.25, 0.3) is 0 Å². The van der Waals surface area contributed by atoms with E-state index in [1.54, 1.807) is 6.92 Å². The van der Waals surface area contributed by atoms with E-state index in [2.05, 4.69) is 33.7 Å². The third kappa shape index (κ3) is 6.58. The number of aliphatic hydroxyl groups is 1. The van der Waals surface area contributed by atoms with E-state index in [-0.39, 0.29) is 17.6 Å². The molecular formula is C20H33N3O2. The summed E-state index contributed by atoms with van der Waals surface area (Å²) in [6.07, 6.45) is 4.07. The predicted octanol–water partition coefficient (Wildman–Crippen LogP) is 3.27. The Morgan fingerprint density at radius 1 is 1.20 bits per heavy atom. The summed E-state index contributed by atoms with van der Waals surface area (Å²) in [6, 6.07) is 8.15. The van der Waals surface area contributed by atoms with E-state index >= 15 is 0 Å². The van der Waals surface area contributed by atoms with Gasteiger partial charge >= 0.3 is 6.03 Å². The second-order valence-electron chi connectivity index (χ2n) is 7.93. The van der Waals surface area contributed by atoms with Gasteiger partial charge < -0.3 is 20.6 Å². The fourth-order valence-corrected chi connectivity index (χ4v) is 3.53. The second kappa shape index (κ2) is 9.09. The van der Waals surface area contributed by atoms with Crippen molar-refractivity contribution in [1.29, 1.82) is 0 Å². The molecule has 1 fully saturated rings. The summed E-state index contributed by atoms with van der Waals surface area (Å²) in [4.78, 5) is 14.6. The standard InChI is InChI=1S/C20H33N3O2/c1-16(24)13-20(2,3)15-22-19(25)21-14-17-9-5-6-10-18(17)23-11-7-4-8-12-23/h5-6,9-10,16,24H,4,7-8,11-15H2,1-3H3,(H2,21,22,25). The molecule has 2 amide bonds. The molecule has 1 aliphatic heterocycles. The van der Waals surface area contributed by atoms with E-state index in [1.807, 2.05) is 19.9 Å². The third-order valence-electron chi connectivity index (χ3n) is 4.70. The summed E-state index contributed by atoms with van der Waals surface area (Å²) in [7, 11) is 0. The van der Waals surface area contributed by atoms with Crippen LogP contribution >= 0.6 is 0 Å². The van der Waals surface area contributed by atoms with E-state index in [0.29, 0.717) is 19.5 Å². The summed E-state index contributed by atoms with van der Waals surface area (Å²) >= 11 is 0. The van der Waals surface area contributed by atoms with Crippen molar-refractivity contribution in [1.82, 2.24) is 10.6 Å². The summed E-state index contributed by atoms with van der Waals surface area (Å²) in [6.45, 7) is 9.12. The lowest BCUT2D eigenvalue weighted by Crippen LogP contribution is -2.41. The molecule has 1 heterocycles. The van der Waals surface area contributed by atoms with Crippen molar-refractivity contribution in [2.75, 3.05) is 24.5 Å². The van der Waals surface area contributed by atoms with Crippen molar-refractivity contribution in [2.45, 2.75) is 59.1 Å². The van der Waals surface area contributed by atoms with Crippen LogP contribution in [0.2, 0.25) is 0 Å². The van der Waals surface area contributed by atoms with Crippen molar-refractivity contribution in [2.24, 2.45) is 5.41 Å². The van der Waals surface area contributed by atoms with Gasteiger partial charge in [-0.3, -0.25) is 0 Å². The molecular weight excluding hydrogens is 314 g/mol. The van der Waals surface area contributed by atoms with Crippen LogP contribution in [0, 0.1) is 5.41 Å². The van der Waals surface area contributed by atoms with Crippen molar-refractivity contribution in [3.63, 3.8) is 0 Å². The Bertz CT molecular complexity index is 552. The molecule has 1 unspecified atom stereocenters. The Morgan fingerprint density at radius 2 is 1.88 bits per heavy atom. The minimum absolute atomic E-state index is 0.128. The molecule has 5 heteroatoms. The quantitative estimate of drug-likeness (QED) is 0.709. The van der Waals surface area contributed by atoms with Gasteiger partial charge in [0.2, 0.25) is 0 Å². The molecule has 0 bridgehead atoms. The molecule has 3 N–H and O–H groups in total. The summed E-state index contributed by atoms with van der Waals surface area (Å²) in [5, 5.41) is 15.4. The largest absolute Gasteiger partial charge is 0.393 e. The molecule has 1 aromatic rings. The van der Waals surface area contributed by atoms with Crippen LogP contribution in [0.5, 0.6) is 0 Å². The fourth-order valence-electron chi connectivity index (χ4n) is 3.53. The zero-order valence-electron chi connectivity index (χ0n) is 15.8. The normalized spacial score (nSPS) is 16.4. The number of benzene rings is 1. The highest BCUT2D eigenvalue weighted by molar-refractivity contribution is 5.74. The predicted molar refractivity (Wildman–Crippen MR) is 103 cm³/mol. The number of piperidine rings is 1. The molecule has 2 rings (SSSR count). The number of amides is 2. The Labute approximate surface area is 151 Å². The molecule has 0 aromatic heterocycles. The van der Waals surface area contributed by atoms with Gasteiger partial charge in [-0.2, -0.15) is 0 Å². The van der Waals surface area contributed by atoms with E-state index in [9.17, 15) is 9.90 Å². The first-order valence-corrected chi connectivity index (χ1v) is 9.40. The molecule has 0 radical (unpaired) electrons. The van der Waals surface area contributed by atoms with Crippen LogP contribution in [0.15, 0.2) is 24.3 Å². The van der Waals surface area contributed by atoms with Gasteiger partial charge in [0.05, 0.1) is 6.10 Å². The van der Waals surface area contributed by atoms with E-state index in [0.717, 1.165) is 18.7 Å². The van der Waals surface area contributed by atoms with Gasteiger partial charge in [0.15, 0.2) is 0 Å². The van der Waals surface area contributed by atoms with Crippen LogP contribution in [0.4, 0.5) is 10.5 Å². The minimum Gasteiger partial charge on any atom is -0.393 e. The van der Waals surface area contributed by atoms with Crippen molar-refractivity contribution in [3.8, 4) is 0 Å². The van der Waals surface area contributed by atoms with Crippen LogP contribution in [-0.2, 0) is 6.54 Å². The third-order valence-corrected chi connectivity index (χ3v) is 4.70. The second-order valence-corrected chi connectivity index (χ2v) is 7.93. The average Bonchev–Trinajstić information content (AvgIpc) is 2.58.